The minimum absolute atomic E-state index is 0.252. The molecule has 2 rings (SSSR count). The zero-order valence-corrected chi connectivity index (χ0v) is 8.82. The third-order valence-corrected chi connectivity index (χ3v) is 2.06. The maximum absolute atomic E-state index is 11.5. The van der Waals surface area contributed by atoms with Gasteiger partial charge in [-0.15, -0.1) is 10.2 Å². The van der Waals surface area contributed by atoms with Crippen molar-refractivity contribution >= 4 is 11.9 Å². The van der Waals surface area contributed by atoms with Crippen molar-refractivity contribution in [2.75, 3.05) is 0 Å². The van der Waals surface area contributed by atoms with Gasteiger partial charge >= 0.3 is 0 Å². The average molecular weight is 230 g/mol. The summed E-state index contributed by atoms with van der Waals surface area (Å²) in [7, 11) is 0. The Morgan fingerprint density at radius 2 is 1.71 bits per heavy atom. The monoisotopic (exact) mass is 230 g/mol. The van der Waals surface area contributed by atoms with Crippen molar-refractivity contribution in [2.45, 2.75) is 0 Å². The standard InChI is InChI=1S/C10H10N6O/c11-10(12)15-9(17)7-1-3-8(4-2-7)16-5-13-14-6-16/h1-6H,(H4,11,12,15,17). The largest absolute Gasteiger partial charge is 0.370 e. The molecule has 0 unspecified atom stereocenters. The number of benzene rings is 1. The smallest absolute Gasteiger partial charge is 0.280 e. The Morgan fingerprint density at radius 3 is 2.24 bits per heavy atom. The molecule has 0 fully saturated rings. The fourth-order valence-electron chi connectivity index (χ4n) is 1.29. The van der Waals surface area contributed by atoms with Gasteiger partial charge in [0.1, 0.15) is 12.7 Å². The molecule has 86 valence electrons. The molecule has 7 heteroatoms. The van der Waals surface area contributed by atoms with E-state index in [9.17, 15) is 4.79 Å². The van der Waals surface area contributed by atoms with E-state index in [1.165, 1.54) is 0 Å². The molecule has 0 aliphatic rings. The Balaban J connectivity index is 2.25. The molecule has 1 aromatic heterocycles. The molecule has 0 saturated heterocycles. The van der Waals surface area contributed by atoms with Gasteiger partial charge in [-0.2, -0.15) is 4.99 Å². The van der Waals surface area contributed by atoms with Crippen LogP contribution in [0.4, 0.5) is 0 Å². The van der Waals surface area contributed by atoms with Crippen LogP contribution in [0.2, 0.25) is 0 Å². The van der Waals surface area contributed by atoms with E-state index in [-0.39, 0.29) is 5.96 Å². The Morgan fingerprint density at radius 1 is 1.12 bits per heavy atom. The highest BCUT2D eigenvalue weighted by Gasteiger charge is 2.04. The Hall–Kier alpha value is -2.70. The number of nitrogens with two attached hydrogens (primary N) is 2. The molecule has 0 saturated carbocycles. The number of amides is 1. The van der Waals surface area contributed by atoms with E-state index >= 15 is 0 Å². The molecular formula is C10H10N6O. The highest BCUT2D eigenvalue weighted by atomic mass is 16.1. The van der Waals surface area contributed by atoms with E-state index in [1.807, 2.05) is 0 Å². The van der Waals surface area contributed by atoms with Crippen LogP contribution in [-0.4, -0.2) is 26.6 Å². The second-order valence-electron chi connectivity index (χ2n) is 3.26. The molecule has 0 radical (unpaired) electrons. The molecule has 4 N–H and O–H groups in total. The van der Waals surface area contributed by atoms with Crippen LogP contribution in [0.15, 0.2) is 41.9 Å². The minimum Gasteiger partial charge on any atom is -0.370 e. The van der Waals surface area contributed by atoms with Gasteiger partial charge < -0.3 is 11.5 Å². The summed E-state index contributed by atoms with van der Waals surface area (Å²) >= 11 is 0. The first-order valence-corrected chi connectivity index (χ1v) is 4.76. The molecule has 0 aliphatic carbocycles. The fraction of sp³-hybridized carbons (Fsp3) is 0. The van der Waals surface area contributed by atoms with Gasteiger partial charge in [-0.25, -0.2) is 0 Å². The van der Waals surface area contributed by atoms with Crippen molar-refractivity contribution in [3.63, 3.8) is 0 Å². The van der Waals surface area contributed by atoms with Crippen LogP contribution in [-0.2, 0) is 0 Å². The molecular weight excluding hydrogens is 220 g/mol. The molecule has 2 aromatic rings. The van der Waals surface area contributed by atoms with Crippen LogP contribution in [0.25, 0.3) is 5.69 Å². The number of carbonyl (C=O) groups excluding carboxylic acids is 1. The SMILES string of the molecule is NC(N)=NC(=O)c1ccc(-n2cnnc2)cc1. The minimum atomic E-state index is -0.472. The average Bonchev–Trinajstić information content (AvgIpc) is 2.82. The molecule has 1 heterocycles. The molecule has 0 spiro atoms. The molecule has 1 aromatic carbocycles. The highest BCUT2D eigenvalue weighted by molar-refractivity contribution is 6.01. The number of nitrogens with zero attached hydrogens (tertiary/aromatic N) is 4. The van der Waals surface area contributed by atoms with Gasteiger partial charge in [0.2, 0.25) is 0 Å². The van der Waals surface area contributed by atoms with Crippen LogP contribution in [0.1, 0.15) is 10.4 Å². The van der Waals surface area contributed by atoms with Gasteiger partial charge in [0.05, 0.1) is 0 Å². The van der Waals surface area contributed by atoms with E-state index < -0.39 is 5.91 Å². The molecule has 7 nitrogen and oxygen atoms in total. The van der Waals surface area contributed by atoms with Gasteiger partial charge in [0, 0.05) is 11.3 Å². The lowest BCUT2D eigenvalue weighted by Crippen LogP contribution is -2.24. The van der Waals surface area contributed by atoms with E-state index in [0.717, 1.165) is 5.69 Å². The van der Waals surface area contributed by atoms with Crippen LogP contribution < -0.4 is 11.5 Å². The summed E-state index contributed by atoms with van der Waals surface area (Å²) in [6.07, 6.45) is 3.12. The van der Waals surface area contributed by atoms with Gasteiger partial charge in [-0.1, -0.05) is 0 Å². The first kappa shape index (κ1) is 10.8. The zero-order valence-electron chi connectivity index (χ0n) is 8.82. The number of carbonyl (C=O) groups is 1. The van der Waals surface area contributed by atoms with Crippen molar-refractivity contribution in [1.29, 1.82) is 0 Å². The second-order valence-corrected chi connectivity index (χ2v) is 3.26. The van der Waals surface area contributed by atoms with Crippen LogP contribution in [0.5, 0.6) is 0 Å². The van der Waals surface area contributed by atoms with E-state index in [0.29, 0.717) is 5.56 Å². The Bertz CT molecular complexity index is 539. The van der Waals surface area contributed by atoms with Crippen molar-refractivity contribution in [1.82, 2.24) is 14.8 Å². The third-order valence-electron chi connectivity index (χ3n) is 2.06. The fourth-order valence-corrected chi connectivity index (χ4v) is 1.29. The summed E-state index contributed by atoms with van der Waals surface area (Å²) in [5.74, 6) is -0.724. The third kappa shape index (κ3) is 2.46. The number of aliphatic imine (C=N–C) groups is 1. The summed E-state index contributed by atoms with van der Waals surface area (Å²) < 4.78 is 1.72. The zero-order chi connectivity index (χ0) is 12.3. The summed E-state index contributed by atoms with van der Waals surface area (Å²) in [6, 6.07) is 6.76. The molecule has 17 heavy (non-hydrogen) atoms. The topological polar surface area (TPSA) is 112 Å². The molecule has 0 bridgehead atoms. The van der Waals surface area contributed by atoms with Crippen molar-refractivity contribution in [3.8, 4) is 5.69 Å². The van der Waals surface area contributed by atoms with Crippen molar-refractivity contribution in [2.24, 2.45) is 16.5 Å². The maximum atomic E-state index is 11.5. The van der Waals surface area contributed by atoms with Crippen LogP contribution in [0, 0.1) is 0 Å². The van der Waals surface area contributed by atoms with Crippen LogP contribution in [0.3, 0.4) is 0 Å². The predicted octanol–water partition coefficient (Wildman–Crippen LogP) is -0.319. The highest BCUT2D eigenvalue weighted by Crippen LogP contribution is 2.09. The van der Waals surface area contributed by atoms with Crippen LogP contribution >= 0.6 is 0 Å². The van der Waals surface area contributed by atoms with Gasteiger partial charge in [-0.3, -0.25) is 9.36 Å². The first-order valence-electron chi connectivity index (χ1n) is 4.76. The quantitative estimate of drug-likeness (QED) is 0.542. The second kappa shape index (κ2) is 4.44. The van der Waals surface area contributed by atoms with E-state index in [1.54, 1.807) is 41.5 Å². The number of hydrogen-bond acceptors (Lipinski definition) is 3. The molecule has 0 atom stereocenters. The number of hydrogen-bond donors (Lipinski definition) is 2. The van der Waals surface area contributed by atoms with E-state index in [4.69, 9.17) is 11.5 Å². The van der Waals surface area contributed by atoms with Gasteiger partial charge in [0.15, 0.2) is 5.96 Å². The molecule has 0 aliphatic heterocycles. The molecule has 1 amide bonds. The van der Waals surface area contributed by atoms with Crippen molar-refractivity contribution < 1.29 is 4.79 Å². The normalized spacial score (nSPS) is 9.88. The van der Waals surface area contributed by atoms with E-state index in [2.05, 4.69) is 15.2 Å². The lowest BCUT2D eigenvalue weighted by molar-refractivity contribution is 0.100. The lowest BCUT2D eigenvalue weighted by atomic mass is 10.2. The summed E-state index contributed by atoms with van der Waals surface area (Å²) in [5.41, 5.74) is 11.5. The number of aromatic nitrogens is 3. The maximum Gasteiger partial charge on any atom is 0.280 e. The Labute approximate surface area is 96.8 Å². The van der Waals surface area contributed by atoms with Crippen molar-refractivity contribution in [3.05, 3.63) is 42.5 Å². The lowest BCUT2D eigenvalue weighted by Gasteiger charge is -2.01. The summed E-state index contributed by atoms with van der Waals surface area (Å²) in [4.78, 5) is 14.9. The summed E-state index contributed by atoms with van der Waals surface area (Å²) in [5, 5.41) is 7.37. The number of rotatable bonds is 2. The Kier molecular flexibility index (Phi) is 2.82. The predicted molar refractivity (Wildman–Crippen MR) is 61.5 cm³/mol. The van der Waals surface area contributed by atoms with Gasteiger partial charge in [0.25, 0.3) is 5.91 Å². The first-order chi connectivity index (χ1) is 8.16. The number of guanidine groups is 1. The van der Waals surface area contributed by atoms with Gasteiger partial charge in [-0.05, 0) is 24.3 Å². The summed E-state index contributed by atoms with van der Waals surface area (Å²) in [6.45, 7) is 0.